The van der Waals surface area contributed by atoms with Crippen molar-refractivity contribution in [3.8, 4) is 0 Å². The molecule has 3 amide bonds. The van der Waals surface area contributed by atoms with Gasteiger partial charge in [-0.25, -0.2) is 9.69 Å². The summed E-state index contributed by atoms with van der Waals surface area (Å²) in [6, 6.07) is 27.6. The lowest BCUT2D eigenvalue weighted by Crippen LogP contribution is -2.33. The van der Waals surface area contributed by atoms with Crippen LogP contribution in [0.3, 0.4) is 0 Å². The zero-order valence-electron chi connectivity index (χ0n) is 28.0. The molecule has 254 valence electrons. The molecular formula is C39H35N3O6S2. The standard InChI is InChI=1S/C39H35N3O6S2/c1-5-48-37(46)24-15-19-26(20-16-24)42-34(44)31-30(23-13-17-25(18-14-23)39(2,3)4)33-36(49-32(31)35(42)45)41(38(47)50-33)21-29(43)40-28-12-8-10-22-9-6-7-11-27(22)28/h6-20,30-32H,5,21H2,1-4H3,(H,40,43)/t30-,31?,32?/m1/s1. The highest BCUT2D eigenvalue weighted by Crippen LogP contribution is 2.54. The van der Waals surface area contributed by atoms with Crippen molar-refractivity contribution in [3.63, 3.8) is 0 Å². The van der Waals surface area contributed by atoms with Gasteiger partial charge in [-0.3, -0.25) is 23.7 Å². The van der Waals surface area contributed by atoms with Crippen LogP contribution in [0, 0.1) is 5.92 Å². The van der Waals surface area contributed by atoms with Crippen LogP contribution < -0.4 is 15.1 Å². The minimum absolute atomic E-state index is 0.105. The number of ether oxygens (including phenoxy) is 1. The summed E-state index contributed by atoms with van der Waals surface area (Å²) in [6.45, 7) is 8.04. The molecule has 1 fully saturated rings. The molecule has 0 spiro atoms. The van der Waals surface area contributed by atoms with Gasteiger partial charge in [-0.2, -0.15) is 0 Å². The topological polar surface area (TPSA) is 115 Å². The fourth-order valence-electron chi connectivity index (χ4n) is 6.69. The van der Waals surface area contributed by atoms with Gasteiger partial charge in [-0.15, -0.1) is 0 Å². The third-order valence-electron chi connectivity index (χ3n) is 9.19. The maximum Gasteiger partial charge on any atom is 0.338 e. The number of nitrogens with zero attached hydrogens (tertiary/aromatic N) is 2. The summed E-state index contributed by atoms with van der Waals surface area (Å²) in [5, 5.41) is 4.49. The molecule has 1 N–H and O–H groups in total. The van der Waals surface area contributed by atoms with E-state index in [1.165, 1.54) is 21.6 Å². The number of carbonyl (C=O) groups excluding carboxylic acids is 4. The molecule has 3 heterocycles. The fraction of sp³-hybridized carbons (Fsp3) is 0.256. The molecular weight excluding hydrogens is 671 g/mol. The monoisotopic (exact) mass is 705 g/mol. The highest BCUT2D eigenvalue weighted by Gasteiger charge is 2.56. The Kier molecular flexibility index (Phi) is 8.73. The molecule has 2 unspecified atom stereocenters. The number of anilines is 2. The van der Waals surface area contributed by atoms with E-state index < -0.39 is 29.0 Å². The summed E-state index contributed by atoms with van der Waals surface area (Å²) >= 11 is 2.18. The molecule has 50 heavy (non-hydrogen) atoms. The molecule has 2 aliphatic rings. The number of carbonyl (C=O) groups is 4. The number of thiazole rings is 1. The number of amides is 3. The molecule has 2 aliphatic heterocycles. The Morgan fingerprint density at radius 1 is 0.860 bits per heavy atom. The van der Waals surface area contributed by atoms with Gasteiger partial charge in [0.15, 0.2) is 0 Å². The van der Waals surface area contributed by atoms with Gasteiger partial charge in [0.25, 0.3) is 0 Å². The van der Waals surface area contributed by atoms with Gasteiger partial charge in [0, 0.05) is 21.9 Å². The Balaban J connectivity index is 1.26. The normalized spacial score (nSPS) is 18.6. The van der Waals surface area contributed by atoms with E-state index >= 15 is 0 Å². The molecule has 4 aromatic carbocycles. The van der Waals surface area contributed by atoms with Gasteiger partial charge in [-0.05, 0) is 59.2 Å². The second-order valence-corrected chi connectivity index (χ2v) is 15.5. The number of esters is 1. The highest BCUT2D eigenvalue weighted by atomic mass is 32.2. The summed E-state index contributed by atoms with van der Waals surface area (Å²) in [7, 11) is 0. The van der Waals surface area contributed by atoms with Gasteiger partial charge in [0.1, 0.15) is 11.8 Å². The molecule has 9 nitrogen and oxygen atoms in total. The Bertz CT molecular complexity index is 2210. The Labute approximate surface area is 297 Å². The van der Waals surface area contributed by atoms with E-state index in [9.17, 15) is 24.0 Å². The smallest absolute Gasteiger partial charge is 0.338 e. The van der Waals surface area contributed by atoms with E-state index in [0.717, 1.165) is 45.0 Å². The first-order valence-corrected chi connectivity index (χ1v) is 18.1. The lowest BCUT2D eigenvalue weighted by Gasteiger charge is -2.31. The summed E-state index contributed by atoms with van der Waals surface area (Å²) in [4.78, 5) is 69.4. The quantitative estimate of drug-likeness (QED) is 0.144. The van der Waals surface area contributed by atoms with Crippen LogP contribution in [0.2, 0.25) is 0 Å². The van der Waals surface area contributed by atoms with E-state index in [4.69, 9.17) is 4.74 Å². The van der Waals surface area contributed by atoms with Gasteiger partial charge in [-0.1, -0.05) is 105 Å². The van der Waals surface area contributed by atoms with E-state index in [1.807, 2.05) is 66.7 Å². The molecule has 0 radical (unpaired) electrons. The van der Waals surface area contributed by atoms with Crippen molar-refractivity contribution in [2.75, 3.05) is 16.8 Å². The fourth-order valence-corrected chi connectivity index (χ4v) is 9.46. The minimum Gasteiger partial charge on any atom is -0.462 e. The maximum atomic E-state index is 14.3. The van der Waals surface area contributed by atoms with Crippen LogP contribution in [0.5, 0.6) is 0 Å². The summed E-state index contributed by atoms with van der Waals surface area (Å²) in [5.74, 6) is -3.05. The SMILES string of the molecule is CCOC(=O)c1ccc(N2C(=O)C3Sc4c(sc(=O)n4CC(=O)Nc4cccc5ccccc45)[C@H](c4ccc(C(C)(C)C)cc4)C3C2=O)cc1. The lowest BCUT2D eigenvalue weighted by atomic mass is 9.81. The molecule has 7 rings (SSSR count). The highest BCUT2D eigenvalue weighted by molar-refractivity contribution is 8.00. The lowest BCUT2D eigenvalue weighted by molar-refractivity contribution is -0.122. The van der Waals surface area contributed by atoms with Crippen LogP contribution in [-0.2, 0) is 31.1 Å². The third-order valence-corrected chi connectivity index (χ3v) is 11.8. The number of fused-ring (bicyclic) bond motifs is 3. The van der Waals surface area contributed by atoms with E-state index in [-0.39, 0.29) is 35.3 Å². The van der Waals surface area contributed by atoms with E-state index in [0.29, 0.717) is 26.8 Å². The Hall–Kier alpha value is -5.00. The molecule has 0 saturated carbocycles. The van der Waals surface area contributed by atoms with E-state index in [1.54, 1.807) is 19.1 Å². The molecule has 1 saturated heterocycles. The molecule has 3 atom stereocenters. The zero-order valence-corrected chi connectivity index (χ0v) is 29.6. The van der Waals surface area contributed by atoms with Crippen LogP contribution in [0.25, 0.3) is 10.8 Å². The number of hydrogen-bond acceptors (Lipinski definition) is 8. The number of benzene rings is 4. The maximum absolute atomic E-state index is 14.3. The first-order chi connectivity index (χ1) is 24.0. The van der Waals surface area contributed by atoms with Crippen molar-refractivity contribution in [2.24, 2.45) is 5.92 Å². The molecule has 0 bridgehead atoms. The first-order valence-electron chi connectivity index (χ1n) is 16.4. The van der Waals surface area contributed by atoms with Crippen LogP contribution in [-0.4, -0.2) is 40.1 Å². The summed E-state index contributed by atoms with van der Waals surface area (Å²) < 4.78 is 6.51. The van der Waals surface area contributed by atoms with Crippen molar-refractivity contribution in [2.45, 2.75) is 55.8 Å². The number of thioether (sulfide) groups is 1. The van der Waals surface area contributed by atoms with Crippen LogP contribution in [0.1, 0.15) is 60.0 Å². The van der Waals surface area contributed by atoms with E-state index in [2.05, 4.69) is 26.1 Å². The number of imide groups is 1. The van der Waals surface area contributed by atoms with Gasteiger partial charge < -0.3 is 10.1 Å². The van der Waals surface area contributed by atoms with Crippen molar-refractivity contribution in [1.82, 2.24) is 4.57 Å². The van der Waals surface area contributed by atoms with Crippen molar-refractivity contribution < 1.29 is 23.9 Å². The Morgan fingerprint density at radius 2 is 1.56 bits per heavy atom. The predicted molar refractivity (Wildman–Crippen MR) is 196 cm³/mol. The minimum atomic E-state index is -0.839. The molecule has 0 aliphatic carbocycles. The van der Waals surface area contributed by atoms with Crippen molar-refractivity contribution in [3.05, 3.63) is 122 Å². The summed E-state index contributed by atoms with van der Waals surface area (Å²) in [6.07, 6.45) is 0. The van der Waals surface area contributed by atoms with Crippen molar-refractivity contribution in [1.29, 1.82) is 0 Å². The predicted octanol–water partition coefficient (Wildman–Crippen LogP) is 6.97. The largest absolute Gasteiger partial charge is 0.462 e. The average Bonchev–Trinajstić information content (AvgIpc) is 3.54. The molecule has 11 heteroatoms. The number of hydrogen-bond donors (Lipinski definition) is 1. The van der Waals surface area contributed by atoms with Crippen LogP contribution in [0.15, 0.2) is 101 Å². The zero-order chi connectivity index (χ0) is 35.3. The summed E-state index contributed by atoms with van der Waals surface area (Å²) in [5.41, 5.74) is 3.11. The van der Waals surface area contributed by atoms with Crippen LogP contribution in [0.4, 0.5) is 11.4 Å². The molecule has 5 aromatic rings. The van der Waals surface area contributed by atoms with Gasteiger partial charge >= 0.3 is 10.8 Å². The van der Waals surface area contributed by atoms with Crippen LogP contribution >= 0.6 is 23.1 Å². The number of aromatic nitrogens is 1. The second-order valence-electron chi connectivity index (χ2n) is 13.4. The first kappa shape index (κ1) is 33.5. The number of rotatable bonds is 7. The van der Waals surface area contributed by atoms with Crippen molar-refractivity contribution >= 4 is 68.9 Å². The van der Waals surface area contributed by atoms with Gasteiger partial charge in [0.05, 0.1) is 28.8 Å². The van der Waals surface area contributed by atoms with Gasteiger partial charge in [0.2, 0.25) is 17.7 Å². The Morgan fingerprint density at radius 3 is 2.26 bits per heavy atom. The number of nitrogens with one attached hydrogen (secondary N) is 1. The second kappa shape index (κ2) is 13.0. The average molecular weight is 706 g/mol. The molecule has 1 aromatic heterocycles. The third kappa shape index (κ3) is 5.94.